The molecule has 0 aromatic carbocycles. The third-order valence-electron chi connectivity index (χ3n) is 1.18. The van der Waals surface area contributed by atoms with Gasteiger partial charge in [-0.3, -0.25) is 10.0 Å². The van der Waals surface area contributed by atoms with Crippen LogP contribution in [0.4, 0.5) is 0 Å². The number of carbonyl (C=O) groups excluding carboxylic acids is 1. The molecule has 5 heteroatoms. The molecule has 0 saturated carbocycles. The van der Waals surface area contributed by atoms with E-state index in [2.05, 4.69) is 4.84 Å². The van der Waals surface area contributed by atoms with Crippen molar-refractivity contribution in [1.29, 1.82) is 0 Å². The maximum atomic E-state index is 10.7. The summed E-state index contributed by atoms with van der Waals surface area (Å²) < 4.78 is 0. The van der Waals surface area contributed by atoms with Crippen molar-refractivity contribution in [3.63, 3.8) is 0 Å². The van der Waals surface area contributed by atoms with E-state index in [0.717, 1.165) is 0 Å². The summed E-state index contributed by atoms with van der Waals surface area (Å²) in [6.45, 7) is 3.63. The molecule has 0 aromatic rings. The van der Waals surface area contributed by atoms with Crippen LogP contribution in [0.25, 0.3) is 0 Å². The Morgan fingerprint density at radius 2 is 2.10 bits per heavy atom. The number of carbonyl (C=O) groups is 1. The van der Waals surface area contributed by atoms with Gasteiger partial charge in [0.2, 0.25) is 0 Å². The average Bonchev–Trinajstić information content (AvgIpc) is 1.88. The average molecular weight is 167 g/mol. The van der Waals surface area contributed by atoms with E-state index < -0.39 is 11.9 Å². The van der Waals surface area contributed by atoms with Crippen LogP contribution in [-0.4, -0.2) is 17.2 Å². The molecule has 0 aromatic heterocycles. The monoisotopic (exact) mass is 166 g/mol. The van der Waals surface area contributed by atoms with E-state index in [0.29, 0.717) is 0 Å². The lowest BCUT2D eigenvalue weighted by Gasteiger charge is -2.15. The zero-order valence-corrected chi connectivity index (χ0v) is 6.64. The predicted molar refractivity (Wildman–Crippen MR) is 37.5 cm³/mol. The quantitative estimate of drug-likeness (QED) is 0.320. The zero-order valence-electron chi connectivity index (χ0n) is 5.89. The maximum absolute atomic E-state index is 10.7. The van der Waals surface area contributed by atoms with E-state index in [1.165, 1.54) is 5.48 Å². The number of hydroxylamine groups is 1. The van der Waals surface area contributed by atoms with Gasteiger partial charge in [-0.15, -0.1) is 0 Å². The molecule has 0 bridgehead atoms. The first-order valence-electron chi connectivity index (χ1n) is 2.93. The molecule has 10 heavy (non-hydrogen) atoms. The van der Waals surface area contributed by atoms with Crippen molar-refractivity contribution in [3.05, 3.63) is 0 Å². The topological polar surface area (TPSA) is 61.4 Å². The Balaban J connectivity index is 3.93. The summed E-state index contributed by atoms with van der Waals surface area (Å²) in [4.78, 5) is 12.9. The highest BCUT2D eigenvalue weighted by atomic mass is 35.5. The second-order valence-corrected chi connectivity index (χ2v) is 2.53. The first-order valence-corrected chi connectivity index (χ1v) is 3.31. The smallest absolute Gasteiger partial charge is 0.261 e. The van der Waals surface area contributed by atoms with Gasteiger partial charge in [0.05, 0.1) is 0 Å². The molecule has 1 unspecified atom stereocenters. The molecule has 3 N–H and O–H groups in total. The van der Waals surface area contributed by atoms with E-state index in [4.69, 9.17) is 17.0 Å². The number of amides is 1. The molecule has 0 rings (SSSR count). The Hall–Kier alpha value is -0.320. The lowest BCUT2D eigenvalue weighted by molar-refractivity contribution is -0.131. The van der Waals surface area contributed by atoms with Gasteiger partial charge in [-0.05, 0) is 17.7 Å². The van der Waals surface area contributed by atoms with Crippen molar-refractivity contribution < 1.29 is 10.0 Å². The summed E-state index contributed by atoms with van der Waals surface area (Å²) >= 11 is 5.21. The first-order chi connectivity index (χ1) is 4.63. The molecule has 4 nitrogen and oxygen atoms in total. The third kappa shape index (κ3) is 2.51. The van der Waals surface area contributed by atoms with Gasteiger partial charge in [0, 0.05) is 0 Å². The van der Waals surface area contributed by atoms with Gasteiger partial charge in [-0.25, -0.2) is 10.3 Å². The second kappa shape index (κ2) is 4.49. The minimum atomic E-state index is -0.549. The van der Waals surface area contributed by atoms with E-state index in [1.54, 1.807) is 0 Å². The highest BCUT2D eigenvalue weighted by Crippen LogP contribution is 2.01. The van der Waals surface area contributed by atoms with Gasteiger partial charge in [0.1, 0.15) is 6.04 Å². The first kappa shape index (κ1) is 9.68. The van der Waals surface area contributed by atoms with E-state index in [-0.39, 0.29) is 5.92 Å². The molecular weight excluding hydrogens is 156 g/mol. The molecular formula is C5H11ClN2O2. The highest BCUT2D eigenvalue weighted by Gasteiger charge is 2.19. The van der Waals surface area contributed by atoms with Crippen LogP contribution >= 0.6 is 11.8 Å². The minimum absolute atomic E-state index is 0.0460. The SMILES string of the molecule is CC(C)C(NCl)C(=O)NO. The van der Waals surface area contributed by atoms with Crippen molar-refractivity contribution in [2.75, 3.05) is 0 Å². The standard InChI is InChI=1S/C5H11ClN2O2/c1-3(2)4(7-6)5(9)8-10/h3-4,7,10H,1-2H3,(H,8,9). The number of hydrogen-bond donors (Lipinski definition) is 3. The fraction of sp³-hybridized carbons (Fsp3) is 0.800. The van der Waals surface area contributed by atoms with Gasteiger partial charge in [-0.2, -0.15) is 0 Å². The molecule has 60 valence electrons. The van der Waals surface area contributed by atoms with Gasteiger partial charge in [0.15, 0.2) is 0 Å². The van der Waals surface area contributed by atoms with Gasteiger partial charge >= 0.3 is 0 Å². The number of rotatable bonds is 3. The van der Waals surface area contributed by atoms with Crippen molar-refractivity contribution in [3.8, 4) is 0 Å². The Labute approximate surface area is 64.6 Å². The lowest BCUT2D eigenvalue weighted by Crippen LogP contribution is -2.42. The third-order valence-corrected chi connectivity index (χ3v) is 1.41. The van der Waals surface area contributed by atoms with Crippen molar-refractivity contribution in [1.82, 2.24) is 10.3 Å². The van der Waals surface area contributed by atoms with Crippen LogP contribution in [0.2, 0.25) is 0 Å². The molecule has 0 heterocycles. The van der Waals surface area contributed by atoms with Crippen molar-refractivity contribution >= 4 is 17.7 Å². The largest absolute Gasteiger partial charge is 0.289 e. The van der Waals surface area contributed by atoms with Crippen LogP contribution in [0.15, 0.2) is 0 Å². The minimum Gasteiger partial charge on any atom is -0.289 e. The molecule has 0 spiro atoms. The molecule has 0 aliphatic rings. The molecule has 0 aliphatic heterocycles. The Morgan fingerprint density at radius 1 is 1.60 bits per heavy atom. The molecule has 1 atom stereocenters. The van der Waals surface area contributed by atoms with Crippen LogP contribution in [0.3, 0.4) is 0 Å². The molecule has 1 amide bonds. The Bertz CT molecular complexity index is 118. The van der Waals surface area contributed by atoms with Crippen LogP contribution < -0.4 is 10.3 Å². The lowest BCUT2D eigenvalue weighted by atomic mass is 10.1. The fourth-order valence-corrected chi connectivity index (χ4v) is 0.899. The molecule has 0 saturated heterocycles. The molecule has 0 fully saturated rings. The summed E-state index contributed by atoms with van der Waals surface area (Å²) in [6, 6.07) is -0.549. The predicted octanol–water partition coefficient (Wildman–Crippen LogP) is 0.260. The zero-order chi connectivity index (χ0) is 8.15. The Morgan fingerprint density at radius 3 is 2.20 bits per heavy atom. The summed E-state index contributed by atoms with van der Waals surface area (Å²) in [5.41, 5.74) is 1.51. The van der Waals surface area contributed by atoms with Crippen LogP contribution in [0, 0.1) is 5.92 Å². The highest BCUT2D eigenvalue weighted by molar-refractivity contribution is 6.15. The normalized spacial score (nSPS) is 13.3. The molecule has 0 radical (unpaired) electrons. The number of nitrogens with one attached hydrogen (secondary N) is 2. The van der Waals surface area contributed by atoms with Crippen LogP contribution in [0.5, 0.6) is 0 Å². The van der Waals surface area contributed by atoms with Gasteiger partial charge in [0.25, 0.3) is 5.91 Å². The van der Waals surface area contributed by atoms with E-state index >= 15 is 0 Å². The fourth-order valence-electron chi connectivity index (χ4n) is 0.548. The van der Waals surface area contributed by atoms with Crippen LogP contribution in [-0.2, 0) is 4.79 Å². The summed E-state index contributed by atoms with van der Waals surface area (Å²) in [5.74, 6) is -0.477. The van der Waals surface area contributed by atoms with Crippen molar-refractivity contribution in [2.24, 2.45) is 5.92 Å². The summed E-state index contributed by atoms with van der Waals surface area (Å²) in [5, 5.41) is 8.19. The van der Waals surface area contributed by atoms with E-state index in [9.17, 15) is 4.79 Å². The maximum Gasteiger partial charge on any atom is 0.261 e. The van der Waals surface area contributed by atoms with Crippen LogP contribution in [0.1, 0.15) is 13.8 Å². The van der Waals surface area contributed by atoms with E-state index in [1.807, 2.05) is 13.8 Å². The number of hydrogen-bond acceptors (Lipinski definition) is 3. The number of halogens is 1. The molecule has 0 aliphatic carbocycles. The second-order valence-electron chi connectivity index (χ2n) is 2.31. The summed E-state index contributed by atoms with van der Waals surface area (Å²) in [7, 11) is 0. The van der Waals surface area contributed by atoms with Gasteiger partial charge in [-0.1, -0.05) is 13.8 Å². The summed E-state index contributed by atoms with van der Waals surface area (Å²) in [6.07, 6.45) is 0. The Kier molecular flexibility index (Phi) is 4.34. The van der Waals surface area contributed by atoms with Crippen molar-refractivity contribution in [2.45, 2.75) is 19.9 Å². The van der Waals surface area contributed by atoms with Gasteiger partial charge < -0.3 is 0 Å².